The quantitative estimate of drug-likeness (QED) is 0.679. The number of nitrogens with one attached hydrogen (secondary N) is 1. The SMILES string of the molecule is O=C(/C=C(/Nc1ccc(F)cc1)C(F)(F)F)C(F)(F)F. The molecule has 0 amide bonds. The van der Waals surface area contributed by atoms with Gasteiger partial charge in [-0.3, -0.25) is 4.79 Å². The maximum atomic E-state index is 12.6. The molecule has 0 aromatic heterocycles. The molecule has 0 heterocycles. The molecule has 2 nitrogen and oxygen atoms in total. The van der Waals surface area contributed by atoms with Crippen LogP contribution in [-0.2, 0) is 4.79 Å². The minimum atomic E-state index is -5.42. The first kappa shape index (κ1) is 16.0. The number of carbonyl (C=O) groups is 1. The highest BCUT2D eigenvalue weighted by molar-refractivity contribution is 5.95. The van der Waals surface area contributed by atoms with Gasteiger partial charge < -0.3 is 5.32 Å². The second-order valence-electron chi connectivity index (χ2n) is 3.55. The fourth-order valence-corrected chi connectivity index (χ4v) is 1.09. The Morgan fingerprint density at radius 1 is 0.950 bits per heavy atom. The van der Waals surface area contributed by atoms with Gasteiger partial charge in [-0.15, -0.1) is 0 Å². The summed E-state index contributed by atoms with van der Waals surface area (Å²) in [6.45, 7) is 0. The molecule has 9 heteroatoms. The predicted molar refractivity (Wildman–Crippen MR) is 55.2 cm³/mol. The molecule has 0 aliphatic heterocycles. The van der Waals surface area contributed by atoms with Crippen LogP contribution in [0.15, 0.2) is 36.0 Å². The maximum Gasteiger partial charge on any atom is 0.454 e. The third-order valence-electron chi connectivity index (χ3n) is 1.98. The van der Waals surface area contributed by atoms with E-state index in [-0.39, 0.29) is 5.69 Å². The molecular formula is C11H6F7NO. The molecule has 0 atom stereocenters. The van der Waals surface area contributed by atoms with Gasteiger partial charge in [0.25, 0.3) is 5.78 Å². The second-order valence-corrected chi connectivity index (χ2v) is 3.55. The zero-order chi connectivity index (χ0) is 15.6. The van der Waals surface area contributed by atoms with Crippen molar-refractivity contribution in [2.24, 2.45) is 0 Å². The Balaban J connectivity index is 3.06. The standard InChI is InChI=1S/C11H6F7NO/c12-6-1-3-7(4-2-6)19-8(10(13,14)15)5-9(20)11(16,17)18/h1-5,19H/b8-5+. The Hall–Kier alpha value is -2.06. The van der Waals surface area contributed by atoms with Crippen LogP contribution < -0.4 is 5.32 Å². The second kappa shape index (κ2) is 5.51. The van der Waals surface area contributed by atoms with Gasteiger partial charge in [0.15, 0.2) is 0 Å². The Morgan fingerprint density at radius 2 is 1.45 bits per heavy atom. The number of halogens is 7. The molecule has 1 aromatic carbocycles. The first-order chi connectivity index (χ1) is 9.00. The van der Waals surface area contributed by atoms with Crippen molar-refractivity contribution < 1.29 is 35.5 Å². The number of carbonyl (C=O) groups excluding carboxylic acids is 1. The van der Waals surface area contributed by atoms with Gasteiger partial charge in [-0.1, -0.05) is 0 Å². The van der Waals surface area contributed by atoms with E-state index >= 15 is 0 Å². The van der Waals surface area contributed by atoms with Crippen LogP contribution in [0.25, 0.3) is 0 Å². The maximum absolute atomic E-state index is 12.6. The Kier molecular flexibility index (Phi) is 4.41. The summed E-state index contributed by atoms with van der Waals surface area (Å²) in [6.07, 6.45) is -11.2. The van der Waals surface area contributed by atoms with E-state index in [1.807, 2.05) is 0 Å². The summed E-state index contributed by atoms with van der Waals surface area (Å²) in [5, 5.41) is 1.60. The van der Waals surface area contributed by atoms with Crippen LogP contribution >= 0.6 is 0 Å². The van der Waals surface area contributed by atoms with Gasteiger partial charge in [-0.25, -0.2) is 4.39 Å². The number of rotatable bonds is 3. The first-order valence-corrected chi connectivity index (χ1v) is 4.93. The van der Waals surface area contributed by atoms with Crippen LogP contribution in [0.4, 0.5) is 36.4 Å². The van der Waals surface area contributed by atoms with Gasteiger partial charge >= 0.3 is 12.4 Å². The van der Waals surface area contributed by atoms with Gasteiger partial charge in [0.05, 0.1) is 0 Å². The monoisotopic (exact) mass is 301 g/mol. The van der Waals surface area contributed by atoms with E-state index in [1.54, 1.807) is 5.32 Å². The van der Waals surface area contributed by atoms with Crippen LogP contribution in [0.1, 0.15) is 0 Å². The molecule has 0 saturated heterocycles. The van der Waals surface area contributed by atoms with Gasteiger partial charge in [0.2, 0.25) is 0 Å². The summed E-state index contributed by atoms with van der Waals surface area (Å²) in [6, 6.07) is 3.38. The molecule has 0 aliphatic carbocycles. The first-order valence-electron chi connectivity index (χ1n) is 4.93. The van der Waals surface area contributed by atoms with Crippen LogP contribution in [0.2, 0.25) is 0 Å². The molecule has 1 N–H and O–H groups in total. The van der Waals surface area contributed by atoms with Gasteiger partial charge in [-0.05, 0) is 24.3 Å². The molecule has 0 saturated carbocycles. The van der Waals surface area contributed by atoms with E-state index in [0.29, 0.717) is 0 Å². The van der Waals surface area contributed by atoms with E-state index < -0.39 is 35.7 Å². The van der Waals surface area contributed by atoms with Crippen LogP contribution in [-0.4, -0.2) is 18.1 Å². The van der Waals surface area contributed by atoms with Crippen molar-refractivity contribution in [2.45, 2.75) is 12.4 Å². The molecule has 0 radical (unpaired) electrons. The normalized spacial score (nSPS) is 13.2. The third kappa shape index (κ3) is 4.56. The number of hydrogen-bond donors (Lipinski definition) is 1. The third-order valence-corrected chi connectivity index (χ3v) is 1.98. The molecular weight excluding hydrogens is 295 g/mol. The fraction of sp³-hybridized carbons (Fsp3) is 0.182. The molecule has 0 spiro atoms. The molecule has 1 aromatic rings. The average Bonchev–Trinajstić information content (AvgIpc) is 2.28. The Morgan fingerprint density at radius 3 is 1.85 bits per heavy atom. The number of hydrogen-bond acceptors (Lipinski definition) is 2. The minimum Gasteiger partial charge on any atom is -0.351 e. The topological polar surface area (TPSA) is 29.1 Å². The Labute approximate surface area is 107 Å². The summed E-state index contributed by atoms with van der Waals surface area (Å²) in [4.78, 5) is 10.6. The molecule has 0 bridgehead atoms. The van der Waals surface area contributed by atoms with E-state index in [1.165, 1.54) is 0 Å². The number of allylic oxidation sites excluding steroid dienone is 2. The van der Waals surface area contributed by atoms with Crippen molar-refractivity contribution in [3.8, 4) is 0 Å². The highest BCUT2D eigenvalue weighted by Crippen LogP contribution is 2.28. The smallest absolute Gasteiger partial charge is 0.351 e. The van der Waals surface area contributed by atoms with Crippen molar-refractivity contribution in [2.75, 3.05) is 5.32 Å². The molecule has 1 rings (SSSR count). The molecule has 0 aliphatic rings. The molecule has 20 heavy (non-hydrogen) atoms. The summed E-state index contributed by atoms with van der Waals surface area (Å²) >= 11 is 0. The molecule has 0 unspecified atom stereocenters. The Bertz CT molecular complexity index is 513. The predicted octanol–water partition coefficient (Wildman–Crippen LogP) is 3.82. The van der Waals surface area contributed by atoms with Crippen molar-refractivity contribution in [3.05, 3.63) is 41.9 Å². The van der Waals surface area contributed by atoms with Crippen molar-refractivity contribution in [1.29, 1.82) is 0 Å². The largest absolute Gasteiger partial charge is 0.454 e. The molecule has 0 fully saturated rings. The van der Waals surface area contributed by atoms with E-state index in [0.717, 1.165) is 24.3 Å². The van der Waals surface area contributed by atoms with Gasteiger partial charge in [-0.2, -0.15) is 26.3 Å². The average molecular weight is 301 g/mol. The summed E-state index contributed by atoms with van der Waals surface area (Å²) in [5.74, 6) is -3.39. The van der Waals surface area contributed by atoms with Crippen molar-refractivity contribution >= 4 is 11.5 Å². The zero-order valence-corrected chi connectivity index (χ0v) is 9.44. The lowest BCUT2D eigenvalue weighted by Gasteiger charge is -2.14. The zero-order valence-electron chi connectivity index (χ0n) is 9.44. The highest BCUT2D eigenvalue weighted by Gasteiger charge is 2.41. The fourth-order valence-electron chi connectivity index (χ4n) is 1.09. The van der Waals surface area contributed by atoms with Crippen LogP contribution in [0.3, 0.4) is 0 Å². The summed E-state index contributed by atoms with van der Waals surface area (Å²) < 4.78 is 85.9. The lowest BCUT2D eigenvalue weighted by Crippen LogP contribution is -2.26. The van der Waals surface area contributed by atoms with E-state index in [4.69, 9.17) is 0 Å². The number of ketones is 1. The number of alkyl halides is 6. The molecule has 110 valence electrons. The number of benzene rings is 1. The summed E-state index contributed by atoms with van der Waals surface area (Å²) in [5.41, 5.74) is -2.21. The van der Waals surface area contributed by atoms with Gasteiger partial charge in [0.1, 0.15) is 11.5 Å². The van der Waals surface area contributed by atoms with Crippen molar-refractivity contribution in [3.63, 3.8) is 0 Å². The highest BCUT2D eigenvalue weighted by atomic mass is 19.4. The lowest BCUT2D eigenvalue weighted by atomic mass is 10.2. The van der Waals surface area contributed by atoms with Gasteiger partial charge in [0, 0.05) is 11.8 Å². The van der Waals surface area contributed by atoms with E-state index in [2.05, 4.69) is 0 Å². The minimum absolute atomic E-state index is 0.315. The number of anilines is 1. The van der Waals surface area contributed by atoms with Crippen molar-refractivity contribution in [1.82, 2.24) is 0 Å². The summed E-state index contributed by atoms with van der Waals surface area (Å²) in [7, 11) is 0. The van der Waals surface area contributed by atoms with E-state index in [9.17, 15) is 35.5 Å². The van der Waals surface area contributed by atoms with Crippen LogP contribution in [0.5, 0.6) is 0 Å². The van der Waals surface area contributed by atoms with Crippen LogP contribution in [0, 0.1) is 5.82 Å². The lowest BCUT2D eigenvalue weighted by molar-refractivity contribution is -0.165.